The van der Waals surface area contributed by atoms with Crippen LogP contribution in [0.1, 0.15) is 151 Å². The lowest BCUT2D eigenvalue weighted by atomic mass is 9.61. The molecule has 0 N–H and O–H groups in total. The van der Waals surface area contributed by atoms with Gasteiger partial charge in [0, 0.05) is 5.92 Å². The van der Waals surface area contributed by atoms with Crippen LogP contribution in [0.3, 0.4) is 0 Å². The standard InChI is InChI=1S/C47H56.C5H12/c1-28(2)19-31(6)38-23-39(24-38)34-13-15-35(16-14-34)44-22-33(8)42-18-17-37(26-46(42)44)40-25-41-21-32(7)43(20-29(3)4)47(45(41)27-40)36-11-9-30(5)10-12-36;1-5(2,3)4/h9-12,17-18,21-22,25-26,28,33-35,38-39H,3,6,13-16,19-20,23-24,27H2,1-2,4-5,7-8H3;1-4H3. The maximum atomic E-state index is 4.46. The molecule has 1 atom stereocenters. The first kappa shape index (κ1) is 38.3. The number of allylic oxidation sites excluding steroid dienone is 5. The van der Waals surface area contributed by atoms with Gasteiger partial charge in [0.15, 0.2) is 0 Å². The van der Waals surface area contributed by atoms with Crippen LogP contribution in [0.25, 0.3) is 28.3 Å². The van der Waals surface area contributed by atoms with Gasteiger partial charge in [-0.2, -0.15) is 0 Å². The highest BCUT2D eigenvalue weighted by Gasteiger charge is 2.39. The van der Waals surface area contributed by atoms with Gasteiger partial charge in [-0.25, -0.2) is 0 Å². The van der Waals surface area contributed by atoms with E-state index in [0.29, 0.717) is 17.3 Å². The molecule has 4 aliphatic carbocycles. The van der Waals surface area contributed by atoms with Crippen LogP contribution in [0, 0.1) is 48.9 Å². The van der Waals surface area contributed by atoms with E-state index in [1.807, 2.05) is 0 Å². The normalized spacial score (nSPS) is 23.6. The smallest absolute Gasteiger partial charge is 0.000174 e. The molecule has 52 heavy (non-hydrogen) atoms. The molecule has 0 bridgehead atoms. The van der Waals surface area contributed by atoms with Crippen molar-refractivity contribution >= 4 is 17.2 Å². The van der Waals surface area contributed by atoms with E-state index >= 15 is 0 Å². The summed E-state index contributed by atoms with van der Waals surface area (Å²) in [5.41, 5.74) is 20.6. The molecule has 3 aromatic carbocycles. The number of hydrogen-bond acceptors (Lipinski definition) is 0. The summed E-state index contributed by atoms with van der Waals surface area (Å²) in [6.07, 6.45) is 16.6. The SMILES string of the molecule is C=C(C)Cc1c(C)cc2c(c1-c1ccc(C)cc1)CC(c1ccc3c(c1)C(C1CCC(C4CC(C(=C)CC(C)C)C4)CC1)=CC3C)=C2.CC(C)(C)C. The molecule has 7 rings (SSSR count). The molecule has 0 heterocycles. The van der Waals surface area contributed by atoms with Crippen molar-refractivity contribution < 1.29 is 0 Å². The predicted molar refractivity (Wildman–Crippen MR) is 230 cm³/mol. The Morgan fingerprint density at radius 3 is 2.10 bits per heavy atom. The summed E-state index contributed by atoms with van der Waals surface area (Å²) in [5, 5.41) is 0. The molecule has 2 fully saturated rings. The van der Waals surface area contributed by atoms with Gasteiger partial charge in [0.05, 0.1) is 0 Å². The van der Waals surface area contributed by atoms with Crippen molar-refractivity contribution in [2.24, 2.45) is 35.0 Å². The minimum atomic E-state index is 0.500. The molecule has 0 saturated heterocycles. The summed E-state index contributed by atoms with van der Waals surface area (Å²) in [6.45, 7) is 31.2. The fourth-order valence-electron chi connectivity index (χ4n) is 9.64. The largest absolute Gasteiger partial charge is 0.0998 e. The molecule has 0 aromatic heterocycles. The Balaban J connectivity index is 0.000000870. The molecule has 1 unspecified atom stereocenters. The van der Waals surface area contributed by atoms with Crippen molar-refractivity contribution in [1.29, 1.82) is 0 Å². The molecule has 0 radical (unpaired) electrons. The first-order valence-electron chi connectivity index (χ1n) is 20.7. The van der Waals surface area contributed by atoms with Crippen LogP contribution >= 0.6 is 0 Å². The van der Waals surface area contributed by atoms with Crippen LogP contribution in [-0.2, 0) is 12.8 Å². The second-order valence-electron chi connectivity index (χ2n) is 19.5. The van der Waals surface area contributed by atoms with Gasteiger partial charge in [-0.3, -0.25) is 0 Å². The lowest BCUT2D eigenvalue weighted by Gasteiger charge is -2.44. The van der Waals surface area contributed by atoms with Crippen LogP contribution in [-0.4, -0.2) is 0 Å². The molecule has 0 aliphatic heterocycles. The van der Waals surface area contributed by atoms with E-state index in [9.17, 15) is 0 Å². The summed E-state index contributed by atoms with van der Waals surface area (Å²) in [6, 6.07) is 19.0. The zero-order valence-corrected chi connectivity index (χ0v) is 34.5. The summed E-state index contributed by atoms with van der Waals surface area (Å²) in [4.78, 5) is 0. The van der Waals surface area contributed by atoms with Crippen molar-refractivity contribution in [3.63, 3.8) is 0 Å². The summed E-state index contributed by atoms with van der Waals surface area (Å²) in [5.74, 6) is 4.65. The third-order valence-electron chi connectivity index (χ3n) is 12.3. The van der Waals surface area contributed by atoms with Gasteiger partial charge in [-0.15, -0.1) is 0 Å². The zero-order chi connectivity index (χ0) is 37.5. The average Bonchev–Trinajstić information content (AvgIpc) is 3.60. The van der Waals surface area contributed by atoms with Gasteiger partial charge in [-0.1, -0.05) is 133 Å². The molecular formula is C52H68. The maximum absolute atomic E-state index is 4.46. The molecule has 4 aliphatic rings. The number of fused-ring (bicyclic) bond motifs is 2. The Labute approximate surface area is 318 Å². The van der Waals surface area contributed by atoms with Crippen LogP contribution < -0.4 is 0 Å². The van der Waals surface area contributed by atoms with E-state index in [-0.39, 0.29) is 0 Å². The fourth-order valence-corrected chi connectivity index (χ4v) is 9.64. The van der Waals surface area contributed by atoms with Gasteiger partial charge < -0.3 is 0 Å². The fraction of sp³-hybridized carbons (Fsp3) is 0.500. The van der Waals surface area contributed by atoms with Crippen LogP contribution in [0.2, 0.25) is 0 Å². The van der Waals surface area contributed by atoms with Crippen molar-refractivity contribution in [2.45, 2.75) is 133 Å². The van der Waals surface area contributed by atoms with Gasteiger partial charge in [0.2, 0.25) is 0 Å². The highest BCUT2D eigenvalue weighted by Crippen LogP contribution is 2.52. The average molecular weight is 693 g/mol. The Hall–Kier alpha value is -3.38. The third-order valence-corrected chi connectivity index (χ3v) is 12.3. The van der Waals surface area contributed by atoms with Crippen molar-refractivity contribution in [2.75, 3.05) is 0 Å². The molecule has 276 valence electrons. The molecular weight excluding hydrogens is 625 g/mol. The molecule has 3 aromatic rings. The first-order chi connectivity index (χ1) is 24.5. The van der Waals surface area contributed by atoms with Gasteiger partial charge >= 0.3 is 0 Å². The van der Waals surface area contributed by atoms with E-state index in [4.69, 9.17) is 0 Å². The quantitative estimate of drug-likeness (QED) is 0.196. The second kappa shape index (κ2) is 15.5. The molecule has 0 heteroatoms. The van der Waals surface area contributed by atoms with Crippen molar-refractivity contribution in [1.82, 2.24) is 0 Å². The monoisotopic (exact) mass is 693 g/mol. The zero-order valence-electron chi connectivity index (χ0n) is 34.5. The highest BCUT2D eigenvalue weighted by atomic mass is 14.4. The third kappa shape index (κ3) is 8.70. The van der Waals surface area contributed by atoms with E-state index in [1.54, 1.807) is 11.1 Å². The van der Waals surface area contributed by atoms with Crippen LogP contribution in [0.5, 0.6) is 0 Å². The molecule has 0 amide bonds. The van der Waals surface area contributed by atoms with E-state index < -0.39 is 0 Å². The molecule has 0 spiro atoms. The first-order valence-corrected chi connectivity index (χ1v) is 20.7. The van der Waals surface area contributed by atoms with Gasteiger partial charge in [0.25, 0.3) is 0 Å². The Morgan fingerprint density at radius 2 is 1.48 bits per heavy atom. The number of hydrogen-bond donors (Lipinski definition) is 0. The molecule has 2 saturated carbocycles. The summed E-state index contributed by atoms with van der Waals surface area (Å²) < 4.78 is 0. The Morgan fingerprint density at radius 1 is 0.846 bits per heavy atom. The number of aryl methyl sites for hydroxylation is 2. The van der Waals surface area contributed by atoms with E-state index in [1.165, 1.54) is 112 Å². The van der Waals surface area contributed by atoms with Gasteiger partial charge in [-0.05, 0) is 181 Å². The van der Waals surface area contributed by atoms with E-state index in [0.717, 1.165) is 36.5 Å². The number of rotatable bonds is 9. The van der Waals surface area contributed by atoms with Crippen LogP contribution in [0.15, 0.2) is 78.9 Å². The van der Waals surface area contributed by atoms with Crippen LogP contribution in [0.4, 0.5) is 0 Å². The Kier molecular flexibility index (Phi) is 11.5. The highest BCUT2D eigenvalue weighted by molar-refractivity contribution is 5.94. The predicted octanol–water partition coefficient (Wildman–Crippen LogP) is 15.2. The van der Waals surface area contributed by atoms with Crippen molar-refractivity contribution in [3.8, 4) is 11.1 Å². The number of benzene rings is 3. The van der Waals surface area contributed by atoms with Gasteiger partial charge in [0.1, 0.15) is 0 Å². The Bertz CT molecular complexity index is 1840. The lowest BCUT2D eigenvalue weighted by Crippen LogP contribution is -2.33. The molecule has 0 nitrogen and oxygen atoms in total. The summed E-state index contributed by atoms with van der Waals surface area (Å²) in [7, 11) is 0. The minimum absolute atomic E-state index is 0.500. The van der Waals surface area contributed by atoms with Crippen molar-refractivity contribution in [3.05, 3.63) is 123 Å². The topological polar surface area (TPSA) is 0 Å². The maximum Gasteiger partial charge on any atom is 0.000174 e. The minimum Gasteiger partial charge on any atom is -0.0998 e. The van der Waals surface area contributed by atoms with E-state index in [2.05, 4.69) is 143 Å². The summed E-state index contributed by atoms with van der Waals surface area (Å²) >= 11 is 0. The second-order valence-corrected chi connectivity index (χ2v) is 19.5. The lowest BCUT2D eigenvalue weighted by molar-refractivity contribution is 0.107.